The van der Waals surface area contributed by atoms with Crippen molar-refractivity contribution in [2.45, 2.75) is 6.92 Å². The first-order valence-electron chi connectivity index (χ1n) is 8.62. The minimum absolute atomic E-state index is 0.117. The van der Waals surface area contributed by atoms with E-state index in [0.29, 0.717) is 22.9 Å². The number of hydrogen-bond donors (Lipinski definition) is 2. The Bertz CT molecular complexity index is 1100. The maximum atomic E-state index is 13.7. The molecule has 0 saturated carbocycles. The van der Waals surface area contributed by atoms with E-state index in [9.17, 15) is 23.2 Å². The smallest absolute Gasteiger partial charge is 0.255 e. The van der Waals surface area contributed by atoms with Gasteiger partial charge in [-0.2, -0.15) is 0 Å². The molecule has 29 heavy (non-hydrogen) atoms. The molecule has 2 amide bonds. The SMILES string of the molecule is CC(=O)c1cccc(NC(=O)c2ccc(C(=O)Nc3ccc(F)cc3F)cc2)c1. The summed E-state index contributed by atoms with van der Waals surface area (Å²) in [4.78, 5) is 36.0. The fraction of sp³-hybridized carbons (Fsp3) is 0.0455. The summed E-state index contributed by atoms with van der Waals surface area (Å²) in [5.41, 5.74) is 1.29. The van der Waals surface area contributed by atoms with Crippen LogP contribution in [0.3, 0.4) is 0 Å². The van der Waals surface area contributed by atoms with Crippen LogP contribution in [-0.4, -0.2) is 17.6 Å². The van der Waals surface area contributed by atoms with Gasteiger partial charge in [-0.1, -0.05) is 12.1 Å². The standard InChI is InChI=1S/C22H16F2N2O3/c1-13(27)16-3-2-4-18(11-16)25-21(28)14-5-7-15(8-6-14)22(29)26-20-10-9-17(23)12-19(20)24/h2-12H,1H3,(H,25,28)(H,26,29). The first-order valence-corrected chi connectivity index (χ1v) is 8.62. The maximum absolute atomic E-state index is 13.7. The lowest BCUT2D eigenvalue weighted by molar-refractivity contribution is 0.101. The summed E-state index contributed by atoms with van der Waals surface area (Å²) in [5.74, 6) is -2.76. The second kappa shape index (κ2) is 8.43. The molecule has 3 rings (SSSR count). The largest absolute Gasteiger partial charge is 0.322 e. The molecule has 0 bridgehead atoms. The van der Waals surface area contributed by atoms with Gasteiger partial charge in [0, 0.05) is 28.4 Å². The Morgan fingerprint density at radius 2 is 1.34 bits per heavy atom. The first kappa shape index (κ1) is 19.9. The molecule has 0 aliphatic carbocycles. The minimum atomic E-state index is -0.887. The summed E-state index contributed by atoms with van der Waals surface area (Å²) < 4.78 is 26.6. The Labute approximate surface area is 165 Å². The number of rotatable bonds is 5. The van der Waals surface area contributed by atoms with E-state index in [2.05, 4.69) is 10.6 Å². The molecule has 0 aliphatic rings. The van der Waals surface area contributed by atoms with Crippen LogP contribution in [0, 0.1) is 11.6 Å². The van der Waals surface area contributed by atoms with Crippen LogP contribution in [0.25, 0.3) is 0 Å². The monoisotopic (exact) mass is 394 g/mol. The Kier molecular flexibility index (Phi) is 5.78. The molecule has 5 nitrogen and oxygen atoms in total. The van der Waals surface area contributed by atoms with Gasteiger partial charge in [-0.3, -0.25) is 14.4 Å². The van der Waals surface area contributed by atoms with Crippen molar-refractivity contribution in [3.8, 4) is 0 Å². The van der Waals surface area contributed by atoms with E-state index in [1.54, 1.807) is 24.3 Å². The van der Waals surface area contributed by atoms with Crippen molar-refractivity contribution >= 4 is 29.0 Å². The quantitative estimate of drug-likeness (QED) is 0.618. The fourth-order valence-corrected chi connectivity index (χ4v) is 2.58. The molecule has 0 fully saturated rings. The van der Waals surface area contributed by atoms with Gasteiger partial charge in [-0.25, -0.2) is 8.78 Å². The summed E-state index contributed by atoms with van der Waals surface area (Å²) in [6.45, 7) is 1.43. The first-order chi connectivity index (χ1) is 13.8. The Morgan fingerprint density at radius 1 is 0.724 bits per heavy atom. The lowest BCUT2D eigenvalue weighted by Gasteiger charge is -2.08. The molecule has 0 saturated heterocycles. The Morgan fingerprint density at radius 3 is 1.93 bits per heavy atom. The highest BCUT2D eigenvalue weighted by Crippen LogP contribution is 2.17. The number of carbonyl (C=O) groups excluding carboxylic acids is 3. The van der Waals surface area contributed by atoms with Crippen molar-refractivity contribution in [1.29, 1.82) is 0 Å². The second-order valence-electron chi connectivity index (χ2n) is 6.25. The number of amides is 2. The van der Waals surface area contributed by atoms with Crippen molar-refractivity contribution in [1.82, 2.24) is 0 Å². The summed E-state index contributed by atoms with van der Waals surface area (Å²) in [7, 11) is 0. The average molecular weight is 394 g/mol. The zero-order valence-electron chi connectivity index (χ0n) is 15.3. The van der Waals surface area contributed by atoms with Crippen LogP contribution in [-0.2, 0) is 0 Å². The lowest BCUT2D eigenvalue weighted by atomic mass is 10.1. The number of halogens is 2. The third-order valence-corrected chi connectivity index (χ3v) is 4.12. The molecule has 3 aromatic carbocycles. The molecule has 0 aliphatic heterocycles. The molecular formula is C22H16F2N2O3. The lowest BCUT2D eigenvalue weighted by Crippen LogP contribution is -2.15. The summed E-state index contributed by atoms with van der Waals surface area (Å²) >= 11 is 0. The molecule has 0 aromatic heterocycles. The summed E-state index contributed by atoms with van der Waals surface area (Å²) in [5, 5.41) is 5.02. The number of ketones is 1. The van der Waals surface area contributed by atoms with Gasteiger partial charge in [0.2, 0.25) is 0 Å². The number of benzene rings is 3. The van der Waals surface area contributed by atoms with Crippen molar-refractivity contribution < 1.29 is 23.2 Å². The zero-order chi connectivity index (χ0) is 21.0. The number of nitrogens with one attached hydrogen (secondary N) is 2. The third-order valence-electron chi connectivity index (χ3n) is 4.12. The predicted octanol–water partition coefficient (Wildman–Crippen LogP) is 4.67. The van der Waals surface area contributed by atoms with E-state index in [1.165, 1.54) is 31.2 Å². The Balaban J connectivity index is 1.69. The minimum Gasteiger partial charge on any atom is -0.322 e. The molecule has 3 aromatic rings. The fourth-order valence-electron chi connectivity index (χ4n) is 2.58. The normalized spacial score (nSPS) is 10.3. The zero-order valence-corrected chi connectivity index (χ0v) is 15.3. The van der Waals surface area contributed by atoms with Crippen LogP contribution in [0.1, 0.15) is 38.0 Å². The highest BCUT2D eigenvalue weighted by atomic mass is 19.1. The molecule has 0 atom stereocenters. The Hall–Kier alpha value is -3.87. The molecular weight excluding hydrogens is 378 g/mol. The maximum Gasteiger partial charge on any atom is 0.255 e. The van der Waals surface area contributed by atoms with Crippen molar-refractivity contribution in [2.75, 3.05) is 10.6 Å². The van der Waals surface area contributed by atoms with Crippen molar-refractivity contribution in [3.63, 3.8) is 0 Å². The van der Waals surface area contributed by atoms with Crippen LogP contribution in [0.15, 0.2) is 66.7 Å². The van der Waals surface area contributed by atoms with Gasteiger partial charge in [0.25, 0.3) is 11.8 Å². The van der Waals surface area contributed by atoms with Crippen molar-refractivity contribution in [2.24, 2.45) is 0 Å². The van der Waals surface area contributed by atoms with Gasteiger partial charge < -0.3 is 10.6 Å². The van der Waals surface area contributed by atoms with Gasteiger partial charge in [-0.15, -0.1) is 0 Å². The van der Waals surface area contributed by atoms with E-state index in [4.69, 9.17) is 0 Å². The van der Waals surface area contributed by atoms with Gasteiger partial charge in [0.15, 0.2) is 5.78 Å². The van der Waals surface area contributed by atoms with Crippen LogP contribution in [0.2, 0.25) is 0 Å². The molecule has 0 spiro atoms. The van der Waals surface area contributed by atoms with E-state index in [0.717, 1.165) is 12.1 Å². The molecule has 146 valence electrons. The average Bonchev–Trinajstić information content (AvgIpc) is 2.70. The summed E-state index contributed by atoms with van der Waals surface area (Å²) in [6.07, 6.45) is 0. The van der Waals surface area contributed by atoms with E-state index in [1.807, 2.05) is 0 Å². The van der Waals surface area contributed by atoms with E-state index < -0.39 is 23.4 Å². The highest BCUT2D eigenvalue weighted by Gasteiger charge is 2.12. The third kappa shape index (κ3) is 4.90. The molecule has 7 heteroatoms. The molecule has 2 N–H and O–H groups in total. The molecule has 0 heterocycles. The number of carbonyl (C=O) groups is 3. The molecule has 0 unspecified atom stereocenters. The topological polar surface area (TPSA) is 75.3 Å². The number of hydrogen-bond acceptors (Lipinski definition) is 3. The van der Waals surface area contributed by atoms with Crippen molar-refractivity contribution in [3.05, 3.63) is 95.1 Å². The van der Waals surface area contributed by atoms with E-state index in [-0.39, 0.29) is 17.0 Å². The predicted molar refractivity (Wildman–Crippen MR) is 105 cm³/mol. The van der Waals surface area contributed by atoms with Crippen LogP contribution < -0.4 is 10.6 Å². The number of Topliss-reactive ketones (excluding diaryl/α,β-unsaturated/α-hetero) is 1. The van der Waals surface area contributed by atoms with Gasteiger partial charge >= 0.3 is 0 Å². The van der Waals surface area contributed by atoms with E-state index >= 15 is 0 Å². The van der Waals surface area contributed by atoms with Crippen LogP contribution in [0.4, 0.5) is 20.2 Å². The molecule has 0 radical (unpaired) electrons. The van der Waals surface area contributed by atoms with Crippen LogP contribution >= 0.6 is 0 Å². The van der Waals surface area contributed by atoms with Gasteiger partial charge in [-0.05, 0) is 55.5 Å². The summed E-state index contributed by atoms with van der Waals surface area (Å²) in [6, 6.07) is 15.1. The second-order valence-corrected chi connectivity index (χ2v) is 6.25. The van der Waals surface area contributed by atoms with Crippen LogP contribution in [0.5, 0.6) is 0 Å². The number of anilines is 2. The van der Waals surface area contributed by atoms with Gasteiger partial charge in [0.05, 0.1) is 5.69 Å². The highest BCUT2D eigenvalue weighted by molar-refractivity contribution is 6.07. The van der Waals surface area contributed by atoms with Gasteiger partial charge in [0.1, 0.15) is 11.6 Å².